The number of aromatic nitrogens is 1. The minimum absolute atomic E-state index is 0.0423. The molecular weight excluding hydrogens is 370 g/mol. The quantitative estimate of drug-likeness (QED) is 0.713. The first kappa shape index (κ1) is 21.2. The highest BCUT2D eigenvalue weighted by Gasteiger charge is 2.25. The lowest BCUT2D eigenvalue weighted by atomic mass is 10.1. The molecule has 26 heavy (non-hydrogen) atoms. The van der Waals surface area contributed by atoms with E-state index in [0.29, 0.717) is 24.0 Å². The van der Waals surface area contributed by atoms with Gasteiger partial charge in [0, 0.05) is 25.3 Å². The Morgan fingerprint density at radius 2 is 1.85 bits per heavy atom. The lowest BCUT2D eigenvalue weighted by Gasteiger charge is -2.19. The van der Waals surface area contributed by atoms with E-state index in [1.807, 2.05) is 6.92 Å². The summed E-state index contributed by atoms with van der Waals surface area (Å²) in [4.78, 5) is 16.4. The molecule has 1 aliphatic rings. The van der Waals surface area contributed by atoms with E-state index < -0.39 is 10.0 Å². The van der Waals surface area contributed by atoms with E-state index in [9.17, 15) is 13.2 Å². The van der Waals surface area contributed by atoms with Crippen molar-refractivity contribution < 1.29 is 13.2 Å². The molecule has 0 radical (unpaired) electrons. The van der Waals surface area contributed by atoms with E-state index in [4.69, 9.17) is 0 Å². The highest BCUT2D eigenvalue weighted by atomic mass is 32.2. The molecule has 0 aromatic carbocycles. The summed E-state index contributed by atoms with van der Waals surface area (Å²) in [5, 5.41) is 3.59. The van der Waals surface area contributed by atoms with Crippen molar-refractivity contribution in [3.8, 4) is 0 Å². The average Bonchev–Trinajstić information content (AvgIpc) is 2.90. The van der Waals surface area contributed by atoms with Gasteiger partial charge in [0.25, 0.3) is 0 Å². The van der Waals surface area contributed by atoms with Crippen LogP contribution in [0.1, 0.15) is 46.5 Å². The molecule has 0 aliphatic carbocycles. The second-order valence-corrected chi connectivity index (χ2v) is 9.97. The molecule has 1 atom stereocenters. The van der Waals surface area contributed by atoms with Crippen LogP contribution in [-0.2, 0) is 14.8 Å². The van der Waals surface area contributed by atoms with Crippen molar-refractivity contribution in [2.75, 3.05) is 18.8 Å². The van der Waals surface area contributed by atoms with Crippen molar-refractivity contribution in [1.82, 2.24) is 14.6 Å². The SMILES string of the molecule is CC(C)[C@@H](C)NC(=O)CSc1ccc(S(=O)(=O)N2CCCCCC2)cn1. The summed E-state index contributed by atoms with van der Waals surface area (Å²) < 4.78 is 27.0. The number of carbonyl (C=O) groups is 1. The molecule has 0 bridgehead atoms. The van der Waals surface area contributed by atoms with Crippen LogP contribution in [0.15, 0.2) is 28.3 Å². The zero-order valence-electron chi connectivity index (χ0n) is 15.8. The molecule has 146 valence electrons. The first-order valence-corrected chi connectivity index (χ1v) is 11.6. The number of amides is 1. The van der Waals surface area contributed by atoms with Crippen molar-refractivity contribution in [3.05, 3.63) is 18.3 Å². The normalized spacial score (nSPS) is 17.7. The van der Waals surface area contributed by atoms with Crippen LogP contribution < -0.4 is 5.32 Å². The van der Waals surface area contributed by atoms with Gasteiger partial charge in [-0.15, -0.1) is 0 Å². The molecule has 0 saturated carbocycles. The van der Waals surface area contributed by atoms with Crippen LogP contribution in [0.2, 0.25) is 0 Å². The third-order valence-electron chi connectivity index (χ3n) is 4.65. The fourth-order valence-electron chi connectivity index (χ4n) is 2.64. The molecule has 0 spiro atoms. The lowest BCUT2D eigenvalue weighted by Crippen LogP contribution is -2.37. The minimum Gasteiger partial charge on any atom is -0.353 e. The third-order valence-corrected chi connectivity index (χ3v) is 7.48. The molecule has 1 aromatic rings. The highest BCUT2D eigenvalue weighted by Crippen LogP contribution is 2.22. The Kier molecular flexibility index (Phi) is 7.91. The maximum atomic E-state index is 12.7. The van der Waals surface area contributed by atoms with Gasteiger partial charge in [0.2, 0.25) is 15.9 Å². The van der Waals surface area contributed by atoms with E-state index >= 15 is 0 Å². The topological polar surface area (TPSA) is 79.4 Å². The maximum Gasteiger partial charge on any atom is 0.244 e. The van der Waals surface area contributed by atoms with Crippen LogP contribution in [0.25, 0.3) is 0 Å². The van der Waals surface area contributed by atoms with E-state index in [-0.39, 0.29) is 22.6 Å². The fourth-order valence-corrected chi connectivity index (χ4v) is 4.75. The Hall–Kier alpha value is -1.12. The Balaban J connectivity index is 1.94. The van der Waals surface area contributed by atoms with E-state index in [1.54, 1.807) is 16.4 Å². The van der Waals surface area contributed by atoms with E-state index in [0.717, 1.165) is 25.7 Å². The smallest absolute Gasteiger partial charge is 0.244 e. The van der Waals surface area contributed by atoms with Gasteiger partial charge in [0.05, 0.1) is 10.8 Å². The Morgan fingerprint density at radius 3 is 2.38 bits per heavy atom. The number of hydrogen-bond acceptors (Lipinski definition) is 5. The van der Waals surface area contributed by atoms with Gasteiger partial charge in [-0.05, 0) is 37.8 Å². The molecule has 1 amide bonds. The summed E-state index contributed by atoms with van der Waals surface area (Å²) in [5.41, 5.74) is 0. The van der Waals surface area contributed by atoms with Crippen LogP contribution in [-0.4, -0.2) is 48.5 Å². The minimum atomic E-state index is -3.48. The zero-order valence-corrected chi connectivity index (χ0v) is 17.4. The number of nitrogens with zero attached hydrogens (tertiary/aromatic N) is 2. The first-order chi connectivity index (χ1) is 12.3. The second-order valence-electron chi connectivity index (χ2n) is 7.04. The molecular formula is C18H29N3O3S2. The summed E-state index contributed by atoms with van der Waals surface area (Å²) in [7, 11) is -3.48. The van der Waals surface area contributed by atoms with Gasteiger partial charge in [-0.3, -0.25) is 4.79 Å². The first-order valence-electron chi connectivity index (χ1n) is 9.19. The molecule has 8 heteroatoms. The Morgan fingerprint density at radius 1 is 1.19 bits per heavy atom. The zero-order chi connectivity index (χ0) is 19.2. The summed E-state index contributed by atoms with van der Waals surface area (Å²) in [6, 6.07) is 3.39. The third kappa shape index (κ3) is 5.96. The van der Waals surface area contributed by atoms with Gasteiger partial charge < -0.3 is 5.32 Å². The van der Waals surface area contributed by atoms with Gasteiger partial charge in [-0.1, -0.05) is 38.5 Å². The van der Waals surface area contributed by atoms with Gasteiger partial charge in [0.15, 0.2) is 0 Å². The number of pyridine rings is 1. The van der Waals surface area contributed by atoms with Crippen LogP contribution in [0.5, 0.6) is 0 Å². The molecule has 1 fully saturated rings. The van der Waals surface area contributed by atoms with Crippen molar-refractivity contribution in [2.45, 2.75) is 62.4 Å². The highest BCUT2D eigenvalue weighted by molar-refractivity contribution is 7.99. The van der Waals surface area contributed by atoms with Gasteiger partial charge in [0.1, 0.15) is 4.90 Å². The molecule has 1 N–H and O–H groups in total. The number of carbonyl (C=O) groups excluding carboxylic acids is 1. The van der Waals surface area contributed by atoms with E-state index in [2.05, 4.69) is 24.1 Å². The Labute approximate surface area is 161 Å². The predicted octanol–water partition coefficient (Wildman–Crippen LogP) is 2.90. The number of rotatable bonds is 7. The molecule has 1 aliphatic heterocycles. The summed E-state index contributed by atoms with van der Waals surface area (Å²) in [6.45, 7) is 7.25. The number of thioether (sulfide) groups is 1. The van der Waals surface area contributed by atoms with Gasteiger partial charge >= 0.3 is 0 Å². The summed E-state index contributed by atoms with van der Waals surface area (Å²) in [5.74, 6) is 0.604. The predicted molar refractivity (Wildman–Crippen MR) is 105 cm³/mol. The van der Waals surface area contributed by atoms with Gasteiger partial charge in [-0.25, -0.2) is 13.4 Å². The molecule has 1 aromatic heterocycles. The van der Waals surface area contributed by atoms with Crippen LogP contribution >= 0.6 is 11.8 Å². The summed E-state index contributed by atoms with van der Waals surface area (Å²) >= 11 is 1.31. The molecule has 1 saturated heterocycles. The standard InChI is InChI=1S/C18H29N3O3S2/c1-14(2)15(3)20-17(22)13-25-18-9-8-16(12-19-18)26(23,24)21-10-6-4-5-7-11-21/h8-9,12,14-15H,4-7,10-11,13H2,1-3H3,(H,20,22)/t15-/m1/s1. The van der Waals surface area contributed by atoms with Crippen molar-refractivity contribution in [3.63, 3.8) is 0 Å². The van der Waals surface area contributed by atoms with Crippen LogP contribution in [0, 0.1) is 5.92 Å². The molecule has 6 nitrogen and oxygen atoms in total. The van der Waals surface area contributed by atoms with Crippen molar-refractivity contribution in [2.24, 2.45) is 5.92 Å². The number of nitrogens with one attached hydrogen (secondary N) is 1. The largest absolute Gasteiger partial charge is 0.353 e. The monoisotopic (exact) mass is 399 g/mol. The second kappa shape index (κ2) is 9.71. The average molecular weight is 400 g/mol. The number of hydrogen-bond donors (Lipinski definition) is 1. The van der Waals surface area contributed by atoms with Crippen LogP contribution in [0.4, 0.5) is 0 Å². The Bertz CT molecular complexity index is 682. The lowest BCUT2D eigenvalue weighted by molar-refractivity contribution is -0.119. The van der Waals surface area contributed by atoms with Crippen molar-refractivity contribution >= 4 is 27.7 Å². The number of sulfonamides is 1. The molecule has 2 rings (SSSR count). The van der Waals surface area contributed by atoms with E-state index in [1.165, 1.54) is 18.0 Å². The summed E-state index contributed by atoms with van der Waals surface area (Å²) in [6.07, 6.45) is 5.38. The fraction of sp³-hybridized carbons (Fsp3) is 0.667. The van der Waals surface area contributed by atoms with Crippen molar-refractivity contribution in [1.29, 1.82) is 0 Å². The maximum absolute atomic E-state index is 12.7. The molecule has 2 heterocycles. The van der Waals surface area contributed by atoms with Crippen LogP contribution in [0.3, 0.4) is 0 Å². The molecule has 0 unspecified atom stereocenters. The van der Waals surface area contributed by atoms with Gasteiger partial charge in [-0.2, -0.15) is 4.31 Å².